The summed E-state index contributed by atoms with van der Waals surface area (Å²) in [6.45, 7) is 0. The van der Waals surface area contributed by atoms with Crippen LogP contribution < -0.4 is 5.32 Å². The quantitative estimate of drug-likeness (QED) is 0.815. The molecule has 1 aromatic rings. The Kier molecular flexibility index (Phi) is 4.11. The highest BCUT2D eigenvalue weighted by atomic mass is 32.2. The summed E-state index contributed by atoms with van der Waals surface area (Å²) >= 11 is 3.14. The second kappa shape index (κ2) is 5.58. The van der Waals surface area contributed by atoms with Gasteiger partial charge in [-0.25, -0.2) is 0 Å². The highest BCUT2D eigenvalue weighted by Gasteiger charge is 2.24. The normalized spacial score (nSPS) is 25.3. The first kappa shape index (κ1) is 11.0. The summed E-state index contributed by atoms with van der Waals surface area (Å²) < 4.78 is 0.246. The molecule has 1 aliphatic rings. The summed E-state index contributed by atoms with van der Waals surface area (Å²) in [7, 11) is 0. The summed E-state index contributed by atoms with van der Waals surface area (Å²) in [4.78, 5) is 10.3. The molecule has 15 heavy (non-hydrogen) atoms. The lowest BCUT2D eigenvalue weighted by atomic mass is 10.1. The van der Waals surface area contributed by atoms with Crippen LogP contribution in [0.1, 0.15) is 5.56 Å². The first-order valence-electron chi connectivity index (χ1n) is 4.89. The molecule has 1 fully saturated rings. The van der Waals surface area contributed by atoms with E-state index in [0.29, 0.717) is 6.04 Å². The van der Waals surface area contributed by atoms with Gasteiger partial charge >= 0.3 is 0 Å². The van der Waals surface area contributed by atoms with Gasteiger partial charge in [0, 0.05) is 11.8 Å². The van der Waals surface area contributed by atoms with Gasteiger partial charge in [0.15, 0.2) is 5.62 Å². The summed E-state index contributed by atoms with van der Waals surface area (Å²) in [5.74, 6) is 1.08. The standard InChI is InChI=1S/C11H13NOS2/c13-8-15-11-12-10(7-14-11)6-9-4-2-1-3-5-9/h1-5,8,10-12H,6-7H2. The first-order chi connectivity index (χ1) is 7.38. The molecule has 2 rings (SSSR count). The Balaban J connectivity index is 1.85. The van der Waals surface area contributed by atoms with Crippen molar-refractivity contribution in [2.24, 2.45) is 0 Å². The predicted molar refractivity (Wildman–Crippen MR) is 67.7 cm³/mol. The van der Waals surface area contributed by atoms with Gasteiger partial charge in [0.2, 0.25) is 0 Å². The monoisotopic (exact) mass is 239 g/mol. The molecule has 0 aliphatic carbocycles. The van der Waals surface area contributed by atoms with Gasteiger partial charge in [-0.2, -0.15) is 0 Å². The van der Waals surface area contributed by atoms with Crippen molar-refractivity contribution < 1.29 is 4.79 Å². The number of benzene rings is 1. The van der Waals surface area contributed by atoms with Crippen molar-refractivity contribution in [3.05, 3.63) is 35.9 Å². The summed E-state index contributed by atoms with van der Waals surface area (Å²) in [5, 5.41) is 3.44. The largest absolute Gasteiger partial charge is 0.293 e. The van der Waals surface area contributed by atoms with E-state index in [0.717, 1.165) is 17.8 Å². The van der Waals surface area contributed by atoms with Crippen molar-refractivity contribution >= 4 is 29.1 Å². The van der Waals surface area contributed by atoms with Crippen LogP contribution in [0.4, 0.5) is 0 Å². The van der Waals surface area contributed by atoms with Gasteiger partial charge < -0.3 is 0 Å². The highest BCUT2D eigenvalue weighted by Crippen LogP contribution is 2.27. The molecule has 0 spiro atoms. The van der Waals surface area contributed by atoms with Gasteiger partial charge in [-0.05, 0) is 12.0 Å². The van der Waals surface area contributed by atoms with Crippen molar-refractivity contribution in [1.82, 2.24) is 5.32 Å². The Bertz CT molecular complexity index is 318. The lowest BCUT2D eigenvalue weighted by molar-refractivity contribution is 0.569. The molecule has 0 bridgehead atoms. The molecule has 0 aromatic heterocycles. The molecule has 2 unspecified atom stereocenters. The lowest BCUT2D eigenvalue weighted by Gasteiger charge is -2.10. The van der Waals surface area contributed by atoms with Crippen LogP contribution in [-0.2, 0) is 11.2 Å². The summed E-state index contributed by atoms with van der Waals surface area (Å²) in [6.07, 6.45) is 1.05. The molecule has 0 saturated carbocycles. The molecule has 0 amide bonds. The number of nitrogens with one attached hydrogen (secondary N) is 1. The Morgan fingerprint density at radius 1 is 1.47 bits per heavy atom. The van der Waals surface area contributed by atoms with Crippen LogP contribution in [0.2, 0.25) is 0 Å². The molecule has 1 aliphatic heterocycles. The van der Waals surface area contributed by atoms with E-state index in [9.17, 15) is 4.79 Å². The molecular weight excluding hydrogens is 226 g/mol. The molecule has 1 saturated heterocycles. The van der Waals surface area contributed by atoms with Crippen molar-refractivity contribution in [1.29, 1.82) is 0 Å². The number of hydrogen-bond acceptors (Lipinski definition) is 4. The summed E-state index contributed by atoms with van der Waals surface area (Å²) in [6, 6.07) is 10.9. The third-order valence-electron chi connectivity index (χ3n) is 2.32. The lowest BCUT2D eigenvalue weighted by Crippen LogP contribution is -2.30. The van der Waals surface area contributed by atoms with E-state index in [1.165, 1.54) is 17.3 Å². The zero-order valence-corrected chi connectivity index (χ0v) is 9.89. The number of hydrogen-bond donors (Lipinski definition) is 1. The van der Waals surface area contributed by atoms with Gasteiger partial charge in [0.1, 0.15) is 4.71 Å². The van der Waals surface area contributed by atoms with E-state index in [1.807, 2.05) is 17.8 Å². The average molecular weight is 239 g/mol. The zero-order valence-electron chi connectivity index (χ0n) is 8.26. The number of carbonyl (C=O) groups excluding carboxylic acids is 1. The Hall–Kier alpha value is -0.450. The van der Waals surface area contributed by atoms with E-state index in [1.54, 1.807) is 0 Å². The van der Waals surface area contributed by atoms with E-state index in [4.69, 9.17) is 0 Å². The number of thioether (sulfide) groups is 2. The highest BCUT2D eigenvalue weighted by molar-refractivity contribution is 8.23. The Labute approximate surface area is 98.2 Å². The van der Waals surface area contributed by atoms with Gasteiger partial charge in [-0.15, -0.1) is 11.8 Å². The maximum absolute atomic E-state index is 10.3. The van der Waals surface area contributed by atoms with Gasteiger partial charge in [0.25, 0.3) is 0 Å². The van der Waals surface area contributed by atoms with Gasteiger partial charge in [0.05, 0.1) is 0 Å². The number of rotatable bonds is 4. The second-order valence-electron chi connectivity index (χ2n) is 3.45. The molecule has 4 heteroatoms. The smallest absolute Gasteiger partial charge is 0.178 e. The molecule has 1 N–H and O–H groups in total. The molecule has 1 heterocycles. The van der Waals surface area contributed by atoms with Crippen molar-refractivity contribution in [2.75, 3.05) is 5.75 Å². The minimum absolute atomic E-state index is 0.246. The average Bonchev–Trinajstić information content (AvgIpc) is 2.68. The van der Waals surface area contributed by atoms with Crippen LogP contribution in [0.15, 0.2) is 30.3 Å². The van der Waals surface area contributed by atoms with Gasteiger partial charge in [-0.1, -0.05) is 42.1 Å². The van der Waals surface area contributed by atoms with Crippen LogP contribution in [0.25, 0.3) is 0 Å². The maximum Gasteiger partial charge on any atom is 0.178 e. The third-order valence-corrected chi connectivity index (χ3v) is 4.59. The summed E-state index contributed by atoms with van der Waals surface area (Å²) in [5.41, 5.74) is 2.27. The Morgan fingerprint density at radius 2 is 2.27 bits per heavy atom. The molecule has 2 nitrogen and oxygen atoms in total. The molecule has 2 atom stereocenters. The first-order valence-corrected chi connectivity index (χ1v) is 6.88. The second-order valence-corrected chi connectivity index (χ2v) is 5.82. The van der Waals surface area contributed by atoms with E-state index < -0.39 is 0 Å². The van der Waals surface area contributed by atoms with E-state index >= 15 is 0 Å². The third kappa shape index (κ3) is 3.26. The topological polar surface area (TPSA) is 29.1 Å². The fourth-order valence-corrected chi connectivity index (χ4v) is 3.61. The van der Waals surface area contributed by atoms with Crippen LogP contribution in [0.5, 0.6) is 0 Å². The van der Waals surface area contributed by atoms with Crippen molar-refractivity contribution in [3.8, 4) is 0 Å². The van der Waals surface area contributed by atoms with Crippen LogP contribution >= 0.6 is 23.5 Å². The zero-order chi connectivity index (χ0) is 10.5. The van der Waals surface area contributed by atoms with E-state index in [2.05, 4.69) is 29.6 Å². The van der Waals surface area contributed by atoms with Crippen molar-refractivity contribution in [3.63, 3.8) is 0 Å². The molecule has 80 valence electrons. The number of carbonyl (C=O) groups is 1. The SMILES string of the molecule is O=CSC1NC(Cc2ccccc2)CS1. The fourth-order valence-electron chi connectivity index (χ4n) is 1.64. The van der Waals surface area contributed by atoms with Gasteiger partial charge in [-0.3, -0.25) is 10.1 Å². The minimum Gasteiger partial charge on any atom is -0.293 e. The van der Waals surface area contributed by atoms with Crippen LogP contribution in [0, 0.1) is 0 Å². The maximum atomic E-state index is 10.3. The van der Waals surface area contributed by atoms with Crippen molar-refractivity contribution in [2.45, 2.75) is 17.2 Å². The molecule has 0 radical (unpaired) electrons. The molecule has 1 aromatic carbocycles. The van der Waals surface area contributed by atoms with Crippen LogP contribution in [-0.4, -0.2) is 22.1 Å². The van der Waals surface area contributed by atoms with Crippen LogP contribution in [0.3, 0.4) is 0 Å². The van der Waals surface area contributed by atoms with E-state index in [-0.39, 0.29) is 4.71 Å². The fraction of sp³-hybridized carbons (Fsp3) is 0.364. The predicted octanol–water partition coefficient (Wildman–Crippen LogP) is 2.14. The molecular formula is C11H13NOS2. The Morgan fingerprint density at radius 3 is 3.00 bits per heavy atom. The minimum atomic E-state index is 0.246.